The van der Waals surface area contributed by atoms with Crippen LogP contribution in [-0.2, 0) is 17.8 Å². The third-order valence-corrected chi connectivity index (χ3v) is 15.9. The normalized spacial score (nSPS) is 35.6. The largest absolute Gasteiger partial charge is 0.497 e. The van der Waals surface area contributed by atoms with Crippen LogP contribution < -0.4 is 4.74 Å². The van der Waals surface area contributed by atoms with Gasteiger partial charge in [0.2, 0.25) is 0 Å². The maximum absolute atomic E-state index is 14.9. The lowest BCUT2D eigenvalue weighted by Crippen LogP contribution is -2.67. The highest BCUT2D eigenvalue weighted by Crippen LogP contribution is 2.78. The summed E-state index contributed by atoms with van der Waals surface area (Å²) in [5.41, 5.74) is 0.0850. The molecule has 2 spiro atoms. The smallest absolute Gasteiger partial charge is 0.189 e. The highest BCUT2D eigenvalue weighted by atomic mass is 32.1. The summed E-state index contributed by atoms with van der Waals surface area (Å²) < 4.78 is 11.4. The molecule has 6 aliphatic carbocycles. The molecule has 0 aliphatic heterocycles. The summed E-state index contributed by atoms with van der Waals surface area (Å²) in [5.74, 6) is 1.04. The maximum Gasteiger partial charge on any atom is 0.189 e. The van der Waals surface area contributed by atoms with E-state index in [9.17, 15) is 20.1 Å². The molecule has 7 nitrogen and oxygen atoms in total. The number of methoxy groups -OCH3 is 1. The molecule has 0 saturated heterocycles. The quantitative estimate of drug-likeness (QED) is 0.115. The molecule has 8 heteroatoms. The summed E-state index contributed by atoms with van der Waals surface area (Å²) in [6, 6.07) is 21.7. The molecule has 9 rings (SSSR count). The molecule has 2 bridgehead atoms. The van der Waals surface area contributed by atoms with Crippen LogP contribution in [0, 0.1) is 33.5 Å². The Kier molecular flexibility index (Phi) is 10.1. The number of ether oxygens (including phenoxy) is 2. The van der Waals surface area contributed by atoms with E-state index in [0.717, 1.165) is 56.2 Å². The number of benzene rings is 2. The number of aliphatic hydroxyl groups is 3. The van der Waals surface area contributed by atoms with Crippen LogP contribution in [0.25, 0.3) is 0 Å². The van der Waals surface area contributed by atoms with Gasteiger partial charge in [-0.1, -0.05) is 68.5 Å². The minimum Gasteiger partial charge on any atom is -0.497 e. The number of hydrogen-bond donors (Lipinski definition) is 3. The molecule has 6 aliphatic rings. The van der Waals surface area contributed by atoms with Crippen molar-refractivity contribution in [1.82, 2.24) is 4.90 Å². The number of allylic oxidation sites excluding steroid dienone is 4. The molecule has 54 heavy (non-hydrogen) atoms. The topological polar surface area (TPSA) is 99.5 Å². The number of carbonyl (C=O) groups is 1. The van der Waals surface area contributed by atoms with E-state index in [-0.39, 0.29) is 35.1 Å². The molecule has 2 aromatic carbocycles. The van der Waals surface area contributed by atoms with Crippen LogP contribution in [0.5, 0.6) is 5.75 Å². The van der Waals surface area contributed by atoms with E-state index < -0.39 is 28.6 Å². The summed E-state index contributed by atoms with van der Waals surface area (Å²) in [5, 5.41) is 37.6. The van der Waals surface area contributed by atoms with Crippen molar-refractivity contribution in [3.05, 3.63) is 112 Å². The summed E-state index contributed by atoms with van der Waals surface area (Å²) in [7, 11) is 1.64. The Balaban J connectivity index is 1.10. The summed E-state index contributed by atoms with van der Waals surface area (Å²) >= 11 is 1.74. The molecular formula is C46H57NO6S. The third-order valence-electron chi connectivity index (χ3n) is 14.9. The first kappa shape index (κ1) is 37.8. The lowest BCUT2D eigenvalue weighted by molar-refractivity contribution is -0.177. The number of carbonyl (C=O) groups excluding carboxylic acids is 1. The van der Waals surface area contributed by atoms with Crippen molar-refractivity contribution in [2.24, 2.45) is 33.5 Å². The van der Waals surface area contributed by atoms with E-state index in [1.165, 1.54) is 4.88 Å². The molecule has 3 N–H and O–H groups in total. The van der Waals surface area contributed by atoms with E-state index in [0.29, 0.717) is 43.9 Å². The zero-order valence-electron chi connectivity index (χ0n) is 32.1. The van der Waals surface area contributed by atoms with Crippen molar-refractivity contribution >= 4 is 17.1 Å². The Hall–Kier alpha value is -3.11. The zero-order chi connectivity index (χ0) is 37.8. The van der Waals surface area contributed by atoms with Crippen molar-refractivity contribution < 1.29 is 29.6 Å². The molecule has 288 valence electrons. The fraction of sp³-hybridized carbons (Fsp3) is 0.543. The lowest BCUT2D eigenvalue weighted by atomic mass is 9.32. The first-order valence-corrected chi connectivity index (χ1v) is 20.9. The Labute approximate surface area is 324 Å². The Morgan fingerprint density at radius 2 is 1.69 bits per heavy atom. The number of hydrogen-bond acceptors (Lipinski definition) is 8. The number of Topliss-reactive ketones (excluding diaryl/α,β-unsaturated/α-hetero) is 1. The van der Waals surface area contributed by atoms with E-state index in [1.807, 2.05) is 54.6 Å². The average Bonchev–Trinajstić information content (AvgIpc) is 3.79. The van der Waals surface area contributed by atoms with Crippen molar-refractivity contribution in [2.45, 2.75) is 89.6 Å². The predicted octanol–water partition coefficient (Wildman–Crippen LogP) is 7.65. The van der Waals surface area contributed by atoms with Gasteiger partial charge in [0.05, 0.1) is 38.1 Å². The van der Waals surface area contributed by atoms with E-state index in [2.05, 4.69) is 54.5 Å². The first-order valence-electron chi connectivity index (χ1n) is 20.0. The van der Waals surface area contributed by atoms with Gasteiger partial charge >= 0.3 is 0 Å². The van der Waals surface area contributed by atoms with Gasteiger partial charge in [-0.3, -0.25) is 9.69 Å². The van der Waals surface area contributed by atoms with Gasteiger partial charge in [-0.25, -0.2) is 0 Å². The summed E-state index contributed by atoms with van der Waals surface area (Å²) in [6.07, 6.45) is 12.3. The second-order valence-corrected chi connectivity index (χ2v) is 18.6. The van der Waals surface area contributed by atoms with Crippen LogP contribution in [0.15, 0.2) is 95.9 Å². The molecule has 3 fully saturated rings. The Bertz CT molecular complexity index is 1860. The van der Waals surface area contributed by atoms with Gasteiger partial charge in [-0.15, -0.1) is 11.3 Å². The van der Waals surface area contributed by atoms with Gasteiger partial charge < -0.3 is 24.8 Å². The van der Waals surface area contributed by atoms with Crippen molar-refractivity contribution in [2.75, 3.05) is 33.4 Å². The predicted molar refractivity (Wildman–Crippen MR) is 212 cm³/mol. The summed E-state index contributed by atoms with van der Waals surface area (Å²) in [4.78, 5) is 18.5. The highest BCUT2D eigenvalue weighted by Gasteiger charge is 2.74. The van der Waals surface area contributed by atoms with Crippen LogP contribution in [-0.4, -0.2) is 77.2 Å². The number of thiophene rings is 1. The number of nitrogens with zero attached hydrogens (tertiary/aromatic N) is 1. The van der Waals surface area contributed by atoms with Crippen molar-refractivity contribution in [3.8, 4) is 5.75 Å². The van der Waals surface area contributed by atoms with E-state index >= 15 is 0 Å². The molecule has 3 saturated carbocycles. The van der Waals surface area contributed by atoms with E-state index in [4.69, 9.17) is 9.47 Å². The van der Waals surface area contributed by atoms with Crippen LogP contribution in [0.2, 0.25) is 0 Å². The fourth-order valence-electron chi connectivity index (χ4n) is 12.1. The van der Waals surface area contributed by atoms with E-state index in [1.54, 1.807) is 18.4 Å². The molecular weight excluding hydrogens is 695 g/mol. The minimum absolute atomic E-state index is 0.0457. The maximum atomic E-state index is 14.9. The molecule has 3 aromatic rings. The highest BCUT2D eigenvalue weighted by molar-refractivity contribution is 7.09. The fourth-order valence-corrected chi connectivity index (χ4v) is 12.8. The van der Waals surface area contributed by atoms with Gasteiger partial charge in [0, 0.05) is 51.9 Å². The number of ketones is 1. The second kappa shape index (κ2) is 14.4. The number of rotatable bonds is 14. The van der Waals surface area contributed by atoms with Crippen LogP contribution in [0.4, 0.5) is 0 Å². The monoisotopic (exact) mass is 751 g/mol. The molecule has 1 heterocycles. The molecule has 9 atom stereocenters. The Morgan fingerprint density at radius 3 is 2.43 bits per heavy atom. The van der Waals surface area contributed by atoms with Crippen LogP contribution in [0.1, 0.15) is 79.6 Å². The average molecular weight is 752 g/mol. The lowest BCUT2D eigenvalue weighted by Gasteiger charge is -2.71. The molecule has 1 unspecified atom stereocenters. The minimum atomic E-state index is -1.02. The van der Waals surface area contributed by atoms with Gasteiger partial charge in [0.25, 0.3) is 0 Å². The van der Waals surface area contributed by atoms with Crippen molar-refractivity contribution in [3.63, 3.8) is 0 Å². The van der Waals surface area contributed by atoms with Gasteiger partial charge in [-0.2, -0.15) is 0 Å². The van der Waals surface area contributed by atoms with Gasteiger partial charge in [-0.05, 0) is 110 Å². The van der Waals surface area contributed by atoms with Crippen LogP contribution >= 0.6 is 11.3 Å². The standard InChI is InChI=1S/C46H57NO6S/c1-42-19-15-34(48)26-44(42)22-23-46(38(27-44)41(50)33-11-13-36(52-3)14-12-33)39(42)16-20-43(2)40(46)17-21-45(43,51)31-47(24-18-37-10-7-25-54-37)28-35(49)30-53-29-32-8-5-4-6-9-32/h4-14,22-23,25,27,34-35,39-40,48-49,51H,15-21,24,26,28-31H2,1-3H3/t34?,35-,39-,40-,42-,43+,44+,45-,46-/m1/s1. The SMILES string of the molecule is COc1ccc(C(=O)C2=C[C@@]34C=C[C@@]25[C@@H]2CC[C@@](O)(CN(CCc6cccs6)C[C@@H](O)COCc6ccccc6)[C@@]2(C)CC[C@@H]5[C@@]3(C)CCC(O)C4)cc1. The molecule has 0 amide bonds. The second-order valence-electron chi connectivity index (χ2n) is 17.6. The molecule has 1 aromatic heterocycles. The molecule has 0 radical (unpaired) electrons. The van der Waals surface area contributed by atoms with Crippen molar-refractivity contribution in [1.29, 1.82) is 0 Å². The Morgan fingerprint density at radius 1 is 0.944 bits per heavy atom. The van der Waals surface area contributed by atoms with Gasteiger partial charge in [0.1, 0.15) is 5.75 Å². The zero-order valence-corrected chi connectivity index (χ0v) is 32.9. The van der Waals surface area contributed by atoms with Crippen LogP contribution in [0.3, 0.4) is 0 Å². The first-order chi connectivity index (χ1) is 26.0. The summed E-state index contributed by atoms with van der Waals surface area (Å²) in [6.45, 7) is 6.94. The number of aliphatic hydroxyl groups excluding tert-OH is 2. The number of fused-ring (bicyclic) bond motifs is 1. The van der Waals surface area contributed by atoms with Gasteiger partial charge in [0.15, 0.2) is 5.78 Å². The third kappa shape index (κ3) is 6.16.